The zero-order chi connectivity index (χ0) is 26.5. The van der Waals surface area contributed by atoms with Gasteiger partial charge in [0.15, 0.2) is 11.6 Å². The topological polar surface area (TPSA) is 138 Å². The summed E-state index contributed by atoms with van der Waals surface area (Å²) in [4.78, 5) is 33.5. The lowest BCUT2D eigenvalue weighted by Gasteiger charge is -2.28. The molecule has 0 aliphatic carbocycles. The molecule has 2 aromatic carbocycles. The van der Waals surface area contributed by atoms with Gasteiger partial charge < -0.3 is 21.3 Å². The maximum atomic E-state index is 13.8. The second kappa shape index (κ2) is 11.5. The van der Waals surface area contributed by atoms with Crippen molar-refractivity contribution >= 4 is 22.8 Å². The molecule has 0 saturated heterocycles. The Bertz CT molecular complexity index is 1230. The van der Waals surface area contributed by atoms with Crippen LogP contribution in [0.5, 0.6) is 0 Å². The number of carbonyl (C=O) groups excluding carboxylic acids is 2. The van der Waals surface area contributed by atoms with Crippen molar-refractivity contribution in [2.45, 2.75) is 57.3 Å². The van der Waals surface area contributed by atoms with Crippen LogP contribution in [0.1, 0.15) is 49.2 Å². The zero-order valence-electron chi connectivity index (χ0n) is 20.1. The lowest BCUT2D eigenvalue weighted by molar-refractivity contribution is -0.123. The number of halogens is 2. The van der Waals surface area contributed by atoms with Gasteiger partial charge >= 0.3 is 0 Å². The second-order valence-electron chi connectivity index (χ2n) is 9.53. The van der Waals surface area contributed by atoms with Gasteiger partial charge in [0.05, 0.1) is 35.0 Å². The molecule has 3 rings (SSSR count). The number of nitrogens with zero attached hydrogens (tertiary/aromatic N) is 2. The Morgan fingerprint density at radius 2 is 1.81 bits per heavy atom. The van der Waals surface area contributed by atoms with E-state index in [1.165, 1.54) is 12.3 Å². The minimum atomic E-state index is -1.27. The predicted octanol–water partition coefficient (Wildman–Crippen LogP) is 2.65. The summed E-state index contributed by atoms with van der Waals surface area (Å²) in [5.74, 6) is -4.15. The molecule has 0 fully saturated rings. The Kier molecular flexibility index (Phi) is 8.65. The lowest BCUT2D eigenvalue weighted by Crippen LogP contribution is -2.46. The van der Waals surface area contributed by atoms with Gasteiger partial charge in [-0.15, -0.1) is 0 Å². The maximum absolute atomic E-state index is 13.8. The Balaban J connectivity index is 1.83. The molecule has 0 bridgehead atoms. The van der Waals surface area contributed by atoms with Gasteiger partial charge in [0, 0.05) is 5.92 Å². The number of rotatable bonds is 11. The summed E-state index contributed by atoms with van der Waals surface area (Å²) in [7, 11) is 0. The van der Waals surface area contributed by atoms with Crippen molar-refractivity contribution in [3.63, 3.8) is 0 Å². The summed E-state index contributed by atoms with van der Waals surface area (Å²) in [5.41, 5.74) is 5.92. The lowest BCUT2D eigenvalue weighted by atomic mass is 9.87. The SMILES string of the molecule is CC(C)(O)CC[C@@H](C[C@H](O)[C@H](Cc1ccc(F)c(F)c1)NC(=O)c1cnc2ccccc2n1)C(N)=O. The molecule has 5 N–H and O–H groups in total. The van der Waals surface area contributed by atoms with Crippen molar-refractivity contribution in [1.29, 1.82) is 0 Å². The zero-order valence-corrected chi connectivity index (χ0v) is 20.1. The van der Waals surface area contributed by atoms with E-state index in [4.69, 9.17) is 5.73 Å². The number of primary amides is 1. The molecule has 36 heavy (non-hydrogen) atoms. The molecule has 0 saturated carbocycles. The third kappa shape index (κ3) is 7.50. The van der Waals surface area contributed by atoms with Gasteiger partial charge in [-0.1, -0.05) is 18.2 Å². The molecule has 0 aliphatic rings. The van der Waals surface area contributed by atoms with Crippen LogP contribution in [0.3, 0.4) is 0 Å². The largest absolute Gasteiger partial charge is 0.391 e. The highest BCUT2D eigenvalue weighted by molar-refractivity contribution is 5.94. The van der Waals surface area contributed by atoms with E-state index in [1.807, 2.05) is 0 Å². The van der Waals surface area contributed by atoms with Crippen LogP contribution in [0.25, 0.3) is 11.0 Å². The number of carbonyl (C=O) groups is 2. The average Bonchev–Trinajstić information content (AvgIpc) is 2.82. The second-order valence-corrected chi connectivity index (χ2v) is 9.53. The molecule has 0 radical (unpaired) electrons. The van der Waals surface area contributed by atoms with Gasteiger partial charge in [0.1, 0.15) is 5.69 Å². The predicted molar refractivity (Wildman–Crippen MR) is 130 cm³/mol. The first-order valence-electron chi connectivity index (χ1n) is 11.6. The number of nitrogens with one attached hydrogen (secondary N) is 1. The Morgan fingerprint density at radius 3 is 2.44 bits per heavy atom. The molecule has 3 aromatic rings. The first-order chi connectivity index (χ1) is 16.9. The van der Waals surface area contributed by atoms with Gasteiger partial charge in [-0.05, 0) is 69.4 Å². The number of nitrogens with two attached hydrogens (primary N) is 1. The van der Waals surface area contributed by atoms with Gasteiger partial charge in [-0.2, -0.15) is 0 Å². The number of aliphatic hydroxyl groups excluding tert-OH is 1. The molecule has 0 aliphatic heterocycles. The van der Waals surface area contributed by atoms with Gasteiger partial charge in [0.25, 0.3) is 5.91 Å². The Morgan fingerprint density at radius 1 is 1.11 bits per heavy atom. The number of hydrogen-bond donors (Lipinski definition) is 4. The number of fused-ring (bicyclic) bond motifs is 1. The first-order valence-corrected chi connectivity index (χ1v) is 11.6. The maximum Gasteiger partial charge on any atom is 0.271 e. The minimum absolute atomic E-state index is 0.00432. The van der Waals surface area contributed by atoms with Crippen LogP contribution in [0.2, 0.25) is 0 Å². The van der Waals surface area contributed by atoms with E-state index in [0.717, 1.165) is 12.1 Å². The third-order valence-electron chi connectivity index (χ3n) is 5.93. The average molecular weight is 501 g/mol. The summed E-state index contributed by atoms with van der Waals surface area (Å²) >= 11 is 0. The molecule has 8 nitrogen and oxygen atoms in total. The van der Waals surface area contributed by atoms with Crippen LogP contribution in [-0.2, 0) is 11.2 Å². The Hall–Kier alpha value is -3.50. The summed E-state index contributed by atoms with van der Waals surface area (Å²) in [5, 5.41) is 23.7. The van der Waals surface area contributed by atoms with E-state index in [-0.39, 0.29) is 31.4 Å². The van der Waals surface area contributed by atoms with Crippen LogP contribution in [0, 0.1) is 17.6 Å². The third-order valence-corrected chi connectivity index (χ3v) is 5.93. The number of aromatic nitrogens is 2. The first kappa shape index (κ1) is 27.1. The molecular weight excluding hydrogens is 470 g/mol. The molecule has 3 atom stereocenters. The van der Waals surface area contributed by atoms with E-state index in [1.54, 1.807) is 38.1 Å². The molecule has 1 aromatic heterocycles. The van der Waals surface area contributed by atoms with Crippen molar-refractivity contribution < 1.29 is 28.6 Å². The normalized spacial score (nSPS) is 14.3. The molecule has 0 spiro atoms. The fourth-order valence-electron chi connectivity index (χ4n) is 3.87. The highest BCUT2D eigenvalue weighted by atomic mass is 19.2. The minimum Gasteiger partial charge on any atom is -0.391 e. The van der Waals surface area contributed by atoms with Crippen molar-refractivity contribution in [3.8, 4) is 0 Å². The van der Waals surface area contributed by atoms with Crippen LogP contribution in [-0.4, -0.2) is 49.7 Å². The molecule has 192 valence electrons. The van der Waals surface area contributed by atoms with Crippen molar-refractivity contribution in [2.24, 2.45) is 11.7 Å². The van der Waals surface area contributed by atoms with E-state index in [0.29, 0.717) is 16.6 Å². The van der Waals surface area contributed by atoms with E-state index >= 15 is 0 Å². The smallest absolute Gasteiger partial charge is 0.271 e. The number of benzene rings is 2. The van der Waals surface area contributed by atoms with Crippen molar-refractivity contribution in [2.75, 3.05) is 0 Å². The van der Waals surface area contributed by atoms with Crippen molar-refractivity contribution in [1.82, 2.24) is 15.3 Å². The Labute approximate surface area is 207 Å². The van der Waals surface area contributed by atoms with Crippen LogP contribution < -0.4 is 11.1 Å². The van der Waals surface area contributed by atoms with Crippen LogP contribution >= 0.6 is 0 Å². The molecule has 2 amide bonds. The van der Waals surface area contributed by atoms with E-state index in [2.05, 4.69) is 15.3 Å². The van der Waals surface area contributed by atoms with Crippen LogP contribution in [0.4, 0.5) is 8.78 Å². The number of hydrogen-bond acceptors (Lipinski definition) is 6. The fourth-order valence-corrected chi connectivity index (χ4v) is 3.87. The molecule has 10 heteroatoms. The summed E-state index contributed by atoms with van der Waals surface area (Å²) < 4.78 is 27.2. The quantitative estimate of drug-likeness (QED) is 0.319. The van der Waals surface area contributed by atoms with Crippen LogP contribution in [0.15, 0.2) is 48.7 Å². The number of aliphatic hydroxyl groups is 2. The van der Waals surface area contributed by atoms with E-state index < -0.39 is 47.1 Å². The summed E-state index contributed by atoms with van der Waals surface area (Å²) in [6.45, 7) is 3.19. The fraction of sp³-hybridized carbons (Fsp3) is 0.385. The van der Waals surface area contributed by atoms with Crippen molar-refractivity contribution in [3.05, 3.63) is 71.6 Å². The number of amides is 2. The summed E-state index contributed by atoms with van der Waals surface area (Å²) in [6.07, 6.45) is 0.354. The number of para-hydroxylation sites is 2. The van der Waals surface area contributed by atoms with Gasteiger partial charge in [-0.25, -0.2) is 13.8 Å². The monoisotopic (exact) mass is 500 g/mol. The molecule has 1 heterocycles. The van der Waals surface area contributed by atoms with E-state index in [9.17, 15) is 28.6 Å². The summed E-state index contributed by atoms with van der Waals surface area (Å²) in [6, 6.07) is 9.30. The van der Waals surface area contributed by atoms with Gasteiger partial charge in [0.2, 0.25) is 5.91 Å². The standard InChI is InChI=1S/C26H30F2N4O4/c1-26(2,36)10-9-16(24(29)34)13-23(33)21(12-15-7-8-17(27)18(28)11-15)32-25(35)22-14-30-19-5-3-4-6-20(19)31-22/h3-8,11,14,16,21,23,33,36H,9-10,12-13H2,1-2H3,(H2,29,34)(H,32,35)/t16-,21-,23-/m0/s1. The molecular formula is C26H30F2N4O4. The molecule has 0 unspecified atom stereocenters. The van der Waals surface area contributed by atoms with Gasteiger partial charge in [-0.3, -0.25) is 14.6 Å². The highest BCUT2D eigenvalue weighted by Crippen LogP contribution is 2.22. The highest BCUT2D eigenvalue weighted by Gasteiger charge is 2.29.